The lowest BCUT2D eigenvalue weighted by Gasteiger charge is -2.10. The van der Waals surface area contributed by atoms with Crippen LogP contribution in [0.1, 0.15) is 27.8 Å². The van der Waals surface area contributed by atoms with Gasteiger partial charge < -0.3 is 5.73 Å². The van der Waals surface area contributed by atoms with Crippen molar-refractivity contribution in [3.05, 3.63) is 161 Å². The van der Waals surface area contributed by atoms with Crippen molar-refractivity contribution in [3.63, 3.8) is 0 Å². The molecule has 0 heterocycles. The third kappa shape index (κ3) is 6.32. The van der Waals surface area contributed by atoms with Gasteiger partial charge in [-0.1, -0.05) is 146 Å². The van der Waals surface area contributed by atoms with Crippen LogP contribution >= 0.6 is 0 Å². The zero-order valence-electron chi connectivity index (χ0n) is 18.5. The minimum absolute atomic E-state index is 0.714. The maximum absolute atomic E-state index is 6.66. The summed E-state index contributed by atoms with van der Waals surface area (Å²) >= 11 is 0. The van der Waals surface area contributed by atoms with E-state index in [1.807, 2.05) is 66.7 Å². The molecule has 160 valence electrons. The maximum Gasteiger partial charge on any atom is 0.0394 e. The van der Waals surface area contributed by atoms with Gasteiger partial charge in [0.1, 0.15) is 0 Å². The molecule has 4 aromatic carbocycles. The zero-order valence-corrected chi connectivity index (χ0v) is 18.5. The SMILES string of the molecule is NC(C=Cc1ccccc1)=C(C=Cc1ccccc1)c1ccccc1C=Cc1ccccc1. The predicted octanol–water partition coefficient (Wildman–Crippen LogP) is 7.95. The van der Waals surface area contributed by atoms with E-state index in [9.17, 15) is 0 Å². The van der Waals surface area contributed by atoms with Crippen LogP contribution in [0.3, 0.4) is 0 Å². The Labute approximate surface area is 196 Å². The van der Waals surface area contributed by atoms with Gasteiger partial charge in [0.2, 0.25) is 0 Å². The van der Waals surface area contributed by atoms with E-state index >= 15 is 0 Å². The van der Waals surface area contributed by atoms with Gasteiger partial charge in [0.15, 0.2) is 0 Å². The van der Waals surface area contributed by atoms with Crippen molar-refractivity contribution in [2.45, 2.75) is 0 Å². The molecule has 0 aliphatic heterocycles. The van der Waals surface area contributed by atoms with Crippen molar-refractivity contribution in [1.29, 1.82) is 0 Å². The van der Waals surface area contributed by atoms with E-state index in [0.29, 0.717) is 5.70 Å². The Hall–Kier alpha value is -4.36. The molecule has 4 aromatic rings. The Bertz CT molecular complexity index is 1280. The monoisotopic (exact) mass is 425 g/mol. The first-order valence-corrected chi connectivity index (χ1v) is 11.1. The van der Waals surface area contributed by atoms with Gasteiger partial charge in [0.25, 0.3) is 0 Å². The van der Waals surface area contributed by atoms with Crippen LogP contribution in [0.2, 0.25) is 0 Å². The molecule has 0 fully saturated rings. The fraction of sp³-hybridized carbons (Fsp3) is 0. The first-order chi connectivity index (χ1) is 16.3. The Kier molecular flexibility index (Phi) is 7.49. The Morgan fingerprint density at radius 1 is 0.455 bits per heavy atom. The van der Waals surface area contributed by atoms with Crippen LogP contribution < -0.4 is 5.73 Å². The molecule has 0 atom stereocenters. The highest BCUT2D eigenvalue weighted by atomic mass is 14.6. The Morgan fingerprint density at radius 3 is 1.48 bits per heavy atom. The summed E-state index contributed by atoms with van der Waals surface area (Å²) in [5.41, 5.74) is 14.0. The molecule has 0 amide bonds. The number of benzene rings is 4. The molecular formula is C32H27N. The lowest BCUT2D eigenvalue weighted by molar-refractivity contribution is 1.42. The highest BCUT2D eigenvalue weighted by molar-refractivity contribution is 5.88. The predicted molar refractivity (Wildman–Crippen MR) is 144 cm³/mol. The van der Waals surface area contributed by atoms with Crippen LogP contribution in [0.15, 0.2) is 133 Å². The average molecular weight is 426 g/mol. The Balaban J connectivity index is 1.75. The number of rotatable bonds is 7. The van der Waals surface area contributed by atoms with Crippen molar-refractivity contribution in [1.82, 2.24) is 0 Å². The third-order valence-electron chi connectivity index (χ3n) is 5.31. The van der Waals surface area contributed by atoms with Gasteiger partial charge in [-0.2, -0.15) is 0 Å². The van der Waals surface area contributed by atoms with Crippen LogP contribution in [-0.4, -0.2) is 0 Å². The van der Waals surface area contributed by atoms with Crippen LogP contribution in [0.5, 0.6) is 0 Å². The summed E-state index contributed by atoms with van der Waals surface area (Å²) < 4.78 is 0. The quantitative estimate of drug-likeness (QED) is 0.236. The second kappa shape index (κ2) is 11.3. The van der Waals surface area contributed by atoms with Gasteiger partial charge in [-0.05, 0) is 33.9 Å². The molecule has 4 rings (SSSR count). The second-order valence-electron chi connectivity index (χ2n) is 7.69. The number of hydrogen-bond donors (Lipinski definition) is 1. The molecule has 0 saturated carbocycles. The summed E-state index contributed by atoms with van der Waals surface area (Å²) in [6.45, 7) is 0. The van der Waals surface area contributed by atoms with E-state index in [1.165, 1.54) is 0 Å². The molecule has 0 unspecified atom stereocenters. The van der Waals surface area contributed by atoms with Crippen molar-refractivity contribution in [2.24, 2.45) is 5.73 Å². The molecule has 0 bridgehead atoms. The molecular weight excluding hydrogens is 398 g/mol. The summed E-state index contributed by atoms with van der Waals surface area (Å²) in [6.07, 6.45) is 12.5. The molecule has 0 saturated heterocycles. The summed E-state index contributed by atoms with van der Waals surface area (Å²) in [5.74, 6) is 0. The zero-order chi connectivity index (χ0) is 22.7. The summed E-state index contributed by atoms with van der Waals surface area (Å²) in [4.78, 5) is 0. The summed E-state index contributed by atoms with van der Waals surface area (Å²) in [7, 11) is 0. The summed E-state index contributed by atoms with van der Waals surface area (Å²) in [5, 5.41) is 0. The van der Waals surface area contributed by atoms with Crippen LogP contribution in [0.4, 0.5) is 0 Å². The van der Waals surface area contributed by atoms with Crippen molar-refractivity contribution in [3.8, 4) is 0 Å². The van der Waals surface area contributed by atoms with E-state index in [4.69, 9.17) is 5.73 Å². The fourth-order valence-corrected chi connectivity index (χ4v) is 3.56. The van der Waals surface area contributed by atoms with Gasteiger partial charge in [-0.15, -0.1) is 0 Å². The van der Waals surface area contributed by atoms with E-state index in [1.54, 1.807) is 0 Å². The van der Waals surface area contributed by atoms with Crippen LogP contribution in [0, 0.1) is 0 Å². The van der Waals surface area contributed by atoms with E-state index in [0.717, 1.165) is 33.4 Å². The molecule has 0 spiro atoms. The number of hydrogen-bond acceptors (Lipinski definition) is 1. The Morgan fingerprint density at radius 2 is 0.909 bits per heavy atom. The number of nitrogens with two attached hydrogens (primary N) is 1. The normalized spacial score (nSPS) is 12.5. The molecule has 33 heavy (non-hydrogen) atoms. The number of allylic oxidation sites excluding steroid dienone is 3. The van der Waals surface area contributed by atoms with Crippen molar-refractivity contribution < 1.29 is 0 Å². The standard InChI is InChI=1S/C32H27N/c33-32(25-22-28-16-8-3-9-17-28)31(24-21-27-14-6-2-7-15-27)30-19-11-10-18-29(30)23-20-26-12-4-1-5-13-26/h1-25H,33H2. The largest absolute Gasteiger partial charge is 0.398 e. The van der Waals surface area contributed by atoms with E-state index < -0.39 is 0 Å². The van der Waals surface area contributed by atoms with Gasteiger partial charge in [-0.25, -0.2) is 0 Å². The van der Waals surface area contributed by atoms with E-state index in [2.05, 4.69) is 85.0 Å². The molecule has 0 aliphatic carbocycles. The minimum atomic E-state index is 0.714. The molecule has 0 aromatic heterocycles. The average Bonchev–Trinajstić information content (AvgIpc) is 2.89. The maximum atomic E-state index is 6.66. The lowest BCUT2D eigenvalue weighted by Crippen LogP contribution is -1.99. The molecule has 1 heteroatoms. The highest BCUT2D eigenvalue weighted by Crippen LogP contribution is 2.26. The van der Waals surface area contributed by atoms with Gasteiger partial charge in [0, 0.05) is 11.3 Å². The molecule has 0 radical (unpaired) electrons. The third-order valence-corrected chi connectivity index (χ3v) is 5.31. The smallest absolute Gasteiger partial charge is 0.0394 e. The van der Waals surface area contributed by atoms with Crippen molar-refractivity contribution in [2.75, 3.05) is 0 Å². The first-order valence-electron chi connectivity index (χ1n) is 11.1. The second-order valence-corrected chi connectivity index (χ2v) is 7.69. The summed E-state index contributed by atoms with van der Waals surface area (Å²) in [6, 6.07) is 39.2. The topological polar surface area (TPSA) is 26.0 Å². The lowest BCUT2D eigenvalue weighted by atomic mass is 9.95. The molecule has 0 aliphatic rings. The van der Waals surface area contributed by atoms with E-state index in [-0.39, 0.29) is 0 Å². The van der Waals surface area contributed by atoms with Crippen molar-refractivity contribution >= 4 is 29.9 Å². The fourth-order valence-electron chi connectivity index (χ4n) is 3.56. The van der Waals surface area contributed by atoms with Gasteiger partial charge in [0.05, 0.1) is 0 Å². The molecule has 1 nitrogen and oxygen atoms in total. The van der Waals surface area contributed by atoms with Crippen LogP contribution in [0.25, 0.3) is 29.9 Å². The highest BCUT2D eigenvalue weighted by Gasteiger charge is 2.07. The van der Waals surface area contributed by atoms with Gasteiger partial charge >= 0.3 is 0 Å². The van der Waals surface area contributed by atoms with Gasteiger partial charge in [-0.3, -0.25) is 0 Å². The minimum Gasteiger partial charge on any atom is -0.398 e. The van der Waals surface area contributed by atoms with Crippen LogP contribution in [-0.2, 0) is 0 Å². The molecule has 2 N–H and O–H groups in total. The first kappa shape index (κ1) is 21.9.